The number of para-hydroxylation sites is 1. The number of methoxy groups -OCH3 is 1. The Morgan fingerprint density at radius 3 is 2.86 bits per heavy atom. The molecule has 152 valence electrons. The second kappa shape index (κ2) is 8.19. The second-order valence-electron chi connectivity index (χ2n) is 7.62. The number of amides is 2. The molecule has 1 aromatic heterocycles. The van der Waals surface area contributed by atoms with Crippen molar-refractivity contribution in [2.45, 2.75) is 45.2 Å². The predicted molar refractivity (Wildman–Crippen MR) is 107 cm³/mol. The van der Waals surface area contributed by atoms with Gasteiger partial charge in [0.15, 0.2) is 5.82 Å². The van der Waals surface area contributed by atoms with Gasteiger partial charge in [-0.3, -0.25) is 9.59 Å². The summed E-state index contributed by atoms with van der Waals surface area (Å²) in [6.45, 7) is 3.52. The molecule has 7 heteroatoms. The molecule has 1 unspecified atom stereocenters. The molecule has 7 nitrogen and oxygen atoms in total. The summed E-state index contributed by atoms with van der Waals surface area (Å²) in [5.41, 5.74) is 2.87. The minimum atomic E-state index is -0.0250. The number of benzene rings is 1. The minimum Gasteiger partial charge on any atom is -0.496 e. The number of hydrogen-bond acceptors (Lipinski definition) is 5. The Balaban J connectivity index is 1.46. The van der Waals surface area contributed by atoms with E-state index in [1.807, 2.05) is 40.3 Å². The molecule has 0 radical (unpaired) electrons. The van der Waals surface area contributed by atoms with Crippen LogP contribution in [0.1, 0.15) is 48.5 Å². The number of fused-ring (bicyclic) bond motifs is 1. The van der Waals surface area contributed by atoms with E-state index in [1.165, 1.54) is 0 Å². The van der Waals surface area contributed by atoms with Crippen molar-refractivity contribution < 1.29 is 14.3 Å². The van der Waals surface area contributed by atoms with Crippen molar-refractivity contribution in [2.24, 2.45) is 0 Å². The van der Waals surface area contributed by atoms with Gasteiger partial charge in [0, 0.05) is 50.3 Å². The first-order valence-electron chi connectivity index (χ1n) is 10.1. The number of aromatic nitrogens is 2. The van der Waals surface area contributed by atoms with E-state index in [4.69, 9.17) is 9.72 Å². The van der Waals surface area contributed by atoms with Crippen molar-refractivity contribution in [3.8, 4) is 5.75 Å². The van der Waals surface area contributed by atoms with Gasteiger partial charge < -0.3 is 14.5 Å². The van der Waals surface area contributed by atoms with E-state index < -0.39 is 0 Å². The van der Waals surface area contributed by atoms with Crippen molar-refractivity contribution >= 4 is 11.8 Å². The molecule has 1 aromatic carbocycles. The van der Waals surface area contributed by atoms with Crippen molar-refractivity contribution in [3.63, 3.8) is 0 Å². The van der Waals surface area contributed by atoms with E-state index >= 15 is 0 Å². The first kappa shape index (κ1) is 19.4. The number of carbonyl (C=O) groups excluding carboxylic acids is 2. The Bertz CT molecular complexity index is 930. The molecule has 0 bridgehead atoms. The van der Waals surface area contributed by atoms with Crippen molar-refractivity contribution in [3.05, 3.63) is 53.1 Å². The average Bonchev–Trinajstić information content (AvgIpc) is 3.23. The van der Waals surface area contributed by atoms with Crippen LogP contribution in [0.4, 0.5) is 0 Å². The van der Waals surface area contributed by atoms with E-state index in [9.17, 15) is 9.59 Å². The first-order valence-corrected chi connectivity index (χ1v) is 10.1. The number of rotatable bonds is 4. The van der Waals surface area contributed by atoms with Gasteiger partial charge in [0.25, 0.3) is 0 Å². The Morgan fingerprint density at radius 1 is 1.24 bits per heavy atom. The number of carbonyl (C=O) groups is 2. The van der Waals surface area contributed by atoms with Gasteiger partial charge in [-0.1, -0.05) is 18.2 Å². The molecule has 2 aromatic rings. The first-order chi connectivity index (χ1) is 14.1. The molecule has 3 heterocycles. The second-order valence-corrected chi connectivity index (χ2v) is 7.62. The van der Waals surface area contributed by atoms with Gasteiger partial charge in [-0.2, -0.15) is 0 Å². The summed E-state index contributed by atoms with van der Waals surface area (Å²) >= 11 is 0. The third-order valence-corrected chi connectivity index (χ3v) is 5.79. The number of hydrogen-bond donors (Lipinski definition) is 0. The number of ether oxygens (including phenoxy) is 1. The van der Waals surface area contributed by atoms with Gasteiger partial charge >= 0.3 is 0 Å². The fourth-order valence-electron chi connectivity index (χ4n) is 4.24. The molecule has 0 spiro atoms. The van der Waals surface area contributed by atoms with Crippen molar-refractivity contribution in [1.29, 1.82) is 0 Å². The lowest BCUT2D eigenvalue weighted by Crippen LogP contribution is -2.38. The van der Waals surface area contributed by atoms with Crippen LogP contribution in [0, 0.1) is 0 Å². The van der Waals surface area contributed by atoms with Crippen LogP contribution in [0.3, 0.4) is 0 Å². The summed E-state index contributed by atoms with van der Waals surface area (Å²) in [6, 6.07) is 7.59. The topological polar surface area (TPSA) is 75.6 Å². The van der Waals surface area contributed by atoms with Crippen molar-refractivity contribution in [2.75, 3.05) is 20.2 Å². The zero-order chi connectivity index (χ0) is 20.4. The predicted octanol–water partition coefficient (Wildman–Crippen LogP) is 2.30. The highest BCUT2D eigenvalue weighted by molar-refractivity contribution is 5.79. The van der Waals surface area contributed by atoms with E-state index in [0.717, 1.165) is 47.8 Å². The minimum absolute atomic E-state index is 0.0250. The van der Waals surface area contributed by atoms with Crippen LogP contribution in [0.2, 0.25) is 0 Å². The highest BCUT2D eigenvalue weighted by atomic mass is 16.5. The SMILES string of the molecule is COc1ccccc1CC(=O)N1CCc2nc(C3CCCN3C(C)=O)ncc2C1. The van der Waals surface area contributed by atoms with Crippen LogP contribution in [-0.2, 0) is 29.0 Å². The molecule has 0 saturated carbocycles. The maximum atomic E-state index is 12.8. The van der Waals surface area contributed by atoms with Crippen LogP contribution in [0.5, 0.6) is 5.75 Å². The molecule has 2 aliphatic rings. The lowest BCUT2D eigenvalue weighted by atomic mass is 10.0. The monoisotopic (exact) mass is 394 g/mol. The van der Waals surface area contributed by atoms with Crippen LogP contribution >= 0.6 is 0 Å². The standard InChI is InChI=1S/C22H26N4O3/c1-15(27)26-10-5-7-19(26)22-23-13-17-14-25(11-9-18(17)24-22)21(28)12-16-6-3-4-8-20(16)29-2/h3-4,6,8,13,19H,5,7,9-12,14H2,1-2H3. The summed E-state index contributed by atoms with van der Waals surface area (Å²) in [5.74, 6) is 1.60. The highest BCUT2D eigenvalue weighted by Crippen LogP contribution is 2.31. The quantitative estimate of drug-likeness (QED) is 0.795. The molecule has 4 rings (SSSR count). The maximum absolute atomic E-state index is 12.8. The molecule has 2 aliphatic heterocycles. The Kier molecular flexibility index (Phi) is 5.47. The van der Waals surface area contributed by atoms with Gasteiger partial charge in [-0.05, 0) is 18.9 Å². The molecule has 1 atom stereocenters. The summed E-state index contributed by atoms with van der Waals surface area (Å²) < 4.78 is 5.36. The zero-order valence-corrected chi connectivity index (χ0v) is 16.9. The van der Waals surface area contributed by atoms with Crippen LogP contribution in [0.15, 0.2) is 30.5 Å². The van der Waals surface area contributed by atoms with Crippen molar-refractivity contribution in [1.82, 2.24) is 19.8 Å². The Labute approximate surface area is 170 Å². The molecule has 1 fully saturated rings. The maximum Gasteiger partial charge on any atom is 0.227 e. The summed E-state index contributed by atoms with van der Waals surface area (Å²) in [4.78, 5) is 37.7. The van der Waals surface area contributed by atoms with Crippen LogP contribution in [0.25, 0.3) is 0 Å². The fourth-order valence-corrected chi connectivity index (χ4v) is 4.24. The van der Waals surface area contributed by atoms with E-state index in [1.54, 1.807) is 14.0 Å². The Hall–Kier alpha value is -2.96. The largest absolute Gasteiger partial charge is 0.496 e. The lowest BCUT2D eigenvalue weighted by molar-refractivity contribution is -0.131. The number of likely N-dealkylation sites (tertiary alicyclic amines) is 1. The molecular formula is C22H26N4O3. The van der Waals surface area contributed by atoms with E-state index in [0.29, 0.717) is 25.9 Å². The smallest absolute Gasteiger partial charge is 0.227 e. The third-order valence-electron chi connectivity index (χ3n) is 5.79. The van der Waals surface area contributed by atoms with Gasteiger partial charge in [-0.25, -0.2) is 9.97 Å². The average molecular weight is 394 g/mol. The van der Waals surface area contributed by atoms with Gasteiger partial charge in [-0.15, -0.1) is 0 Å². The molecule has 0 aliphatic carbocycles. The summed E-state index contributed by atoms with van der Waals surface area (Å²) in [5, 5.41) is 0. The lowest BCUT2D eigenvalue weighted by Gasteiger charge is -2.29. The summed E-state index contributed by atoms with van der Waals surface area (Å²) in [7, 11) is 1.62. The fraction of sp³-hybridized carbons (Fsp3) is 0.455. The summed E-state index contributed by atoms with van der Waals surface area (Å²) in [6.07, 6.45) is 4.73. The normalized spacial score (nSPS) is 18.5. The number of nitrogens with zero attached hydrogens (tertiary/aromatic N) is 4. The van der Waals surface area contributed by atoms with E-state index in [2.05, 4.69) is 4.98 Å². The molecule has 29 heavy (non-hydrogen) atoms. The molecular weight excluding hydrogens is 368 g/mol. The highest BCUT2D eigenvalue weighted by Gasteiger charge is 2.31. The zero-order valence-electron chi connectivity index (χ0n) is 16.9. The van der Waals surface area contributed by atoms with Gasteiger partial charge in [0.2, 0.25) is 11.8 Å². The van der Waals surface area contributed by atoms with E-state index in [-0.39, 0.29) is 17.9 Å². The molecule has 2 amide bonds. The Morgan fingerprint density at radius 2 is 2.07 bits per heavy atom. The third kappa shape index (κ3) is 3.95. The van der Waals surface area contributed by atoms with Gasteiger partial charge in [0.1, 0.15) is 5.75 Å². The molecule has 0 N–H and O–H groups in total. The van der Waals surface area contributed by atoms with Crippen LogP contribution in [-0.4, -0.2) is 51.8 Å². The van der Waals surface area contributed by atoms with Gasteiger partial charge in [0.05, 0.1) is 25.3 Å². The van der Waals surface area contributed by atoms with Crippen LogP contribution < -0.4 is 4.74 Å². The molecule has 1 saturated heterocycles.